The highest BCUT2D eigenvalue weighted by Crippen LogP contribution is 2.27. The number of hydrogen-bond acceptors (Lipinski definition) is 5. The molecule has 0 fully saturated rings. The summed E-state index contributed by atoms with van der Waals surface area (Å²) in [6, 6.07) is 5.67. The predicted molar refractivity (Wildman–Crippen MR) is 77.7 cm³/mol. The van der Waals surface area contributed by atoms with Crippen LogP contribution in [0.15, 0.2) is 45.7 Å². The molecule has 0 spiro atoms. The summed E-state index contributed by atoms with van der Waals surface area (Å²) in [6.45, 7) is 3.91. The second-order valence-corrected chi connectivity index (χ2v) is 4.25. The maximum Gasteiger partial charge on any atom is 0.277 e. The summed E-state index contributed by atoms with van der Waals surface area (Å²) in [6.07, 6.45) is 0.677. The highest BCUT2D eigenvalue weighted by Gasteiger charge is 2.14. The van der Waals surface area contributed by atoms with Crippen molar-refractivity contribution in [3.05, 3.63) is 36.0 Å². The zero-order chi connectivity index (χ0) is 15.2. The molecule has 0 saturated carbocycles. The fourth-order valence-electron chi connectivity index (χ4n) is 1.75. The van der Waals surface area contributed by atoms with Crippen LogP contribution in [0, 0.1) is 0 Å². The van der Waals surface area contributed by atoms with E-state index >= 15 is 0 Å². The molecule has 0 bridgehead atoms. The van der Waals surface area contributed by atoms with E-state index < -0.39 is 0 Å². The van der Waals surface area contributed by atoms with E-state index in [0.29, 0.717) is 24.5 Å². The highest BCUT2D eigenvalue weighted by molar-refractivity contribution is 6.06. The van der Waals surface area contributed by atoms with Crippen molar-refractivity contribution in [2.24, 2.45) is 15.2 Å². The van der Waals surface area contributed by atoms with Crippen molar-refractivity contribution in [3.8, 4) is 11.5 Å². The first-order valence-electron chi connectivity index (χ1n) is 6.31. The fourth-order valence-corrected chi connectivity index (χ4v) is 1.75. The first-order chi connectivity index (χ1) is 10.1. The smallest absolute Gasteiger partial charge is 0.277 e. The Kier molecular flexibility index (Phi) is 4.65. The van der Waals surface area contributed by atoms with Gasteiger partial charge in [-0.05, 0) is 24.1 Å². The number of benzene rings is 1. The number of azo groups is 1. The summed E-state index contributed by atoms with van der Waals surface area (Å²) in [4.78, 5) is 15.5. The van der Waals surface area contributed by atoms with E-state index in [4.69, 9.17) is 9.47 Å². The third-order valence-electron chi connectivity index (χ3n) is 2.86. The lowest BCUT2D eigenvalue weighted by Crippen LogP contribution is -2.32. The van der Waals surface area contributed by atoms with Crippen LogP contribution in [-0.4, -0.2) is 32.6 Å². The summed E-state index contributed by atoms with van der Waals surface area (Å²) in [5, 5.41) is 9.87. The maximum atomic E-state index is 11.3. The average molecular weight is 288 g/mol. The largest absolute Gasteiger partial charge is 0.493 e. The van der Waals surface area contributed by atoms with E-state index in [9.17, 15) is 4.79 Å². The van der Waals surface area contributed by atoms with Crippen molar-refractivity contribution >= 4 is 11.9 Å². The second kappa shape index (κ2) is 6.65. The van der Waals surface area contributed by atoms with Gasteiger partial charge < -0.3 is 9.47 Å². The number of rotatable bonds is 5. The van der Waals surface area contributed by atoms with Crippen LogP contribution in [0.5, 0.6) is 11.5 Å². The zero-order valence-electron chi connectivity index (χ0n) is 11.9. The number of nitrogens with zero attached hydrogens (tertiary/aromatic N) is 3. The highest BCUT2D eigenvalue weighted by atomic mass is 16.5. The van der Waals surface area contributed by atoms with E-state index in [0.717, 1.165) is 5.56 Å². The van der Waals surface area contributed by atoms with E-state index in [1.807, 2.05) is 18.2 Å². The molecule has 1 N–H and O–H groups in total. The Morgan fingerprint density at radius 2 is 2.00 bits per heavy atom. The molecule has 7 nitrogen and oxygen atoms in total. The molecule has 1 aliphatic rings. The van der Waals surface area contributed by atoms with Crippen molar-refractivity contribution in [3.63, 3.8) is 0 Å². The monoisotopic (exact) mass is 288 g/mol. The second-order valence-electron chi connectivity index (χ2n) is 4.25. The number of carbonyl (C=O) groups excluding carboxylic acids is 1. The van der Waals surface area contributed by atoms with Gasteiger partial charge in [0, 0.05) is 6.54 Å². The van der Waals surface area contributed by atoms with Crippen LogP contribution in [0.2, 0.25) is 0 Å². The Hall–Kier alpha value is -2.70. The van der Waals surface area contributed by atoms with Gasteiger partial charge in [-0.2, -0.15) is 0 Å². The minimum atomic E-state index is -0.380. The third kappa shape index (κ3) is 3.65. The number of methoxy groups -OCH3 is 2. The average Bonchev–Trinajstić information content (AvgIpc) is 2.50. The summed E-state index contributed by atoms with van der Waals surface area (Å²) < 4.78 is 10.4. The molecular formula is C14H16N4O3. The molecule has 0 atom stereocenters. The Morgan fingerprint density at radius 3 is 2.67 bits per heavy atom. The minimum Gasteiger partial charge on any atom is -0.493 e. The molecular weight excluding hydrogens is 272 g/mol. The van der Waals surface area contributed by atoms with Crippen LogP contribution in [0.1, 0.15) is 5.56 Å². The van der Waals surface area contributed by atoms with Crippen LogP contribution in [0.25, 0.3) is 0 Å². The number of ether oxygens (including phenoxy) is 2. The fraction of sp³-hybridized carbons (Fsp3) is 0.286. The number of aliphatic imine (C=N–C) groups is 1. The number of nitrogens with one attached hydrogen (secondary N) is 1. The molecule has 1 aliphatic heterocycles. The Labute approximate surface area is 122 Å². The van der Waals surface area contributed by atoms with Crippen LogP contribution < -0.4 is 14.8 Å². The predicted octanol–water partition coefficient (Wildman–Crippen LogP) is 1.70. The minimum absolute atomic E-state index is 0.0776. The quantitative estimate of drug-likeness (QED) is 0.837. The van der Waals surface area contributed by atoms with Gasteiger partial charge in [-0.25, -0.2) is 4.99 Å². The molecule has 0 radical (unpaired) electrons. The lowest BCUT2D eigenvalue weighted by Gasteiger charge is -2.09. The maximum absolute atomic E-state index is 11.3. The normalized spacial score (nSPS) is 16.0. The molecule has 21 heavy (non-hydrogen) atoms. The molecule has 0 aromatic heterocycles. The number of guanidine groups is 1. The van der Waals surface area contributed by atoms with Crippen LogP contribution in [0.4, 0.5) is 0 Å². The Bertz CT molecular complexity index is 623. The van der Waals surface area contributed by atoms with Crippen molar-refractivity contribution in [2.75, 3.05) is 20.8 Å². The molecule has 0 saturated heterocycles. The standard InChI is InChI=1S/C14H16N4O3/c1-9-13(19)16-14(18-17-9)15-7-6-10-4-5-11(20-2)12(8-10)21-3/h4-5,8H,1,6-7H2,2-3H3,(H,15,16,19). The molecule has 110 valence electrons. The number of amides is 1. The number of hydrogen-bond donors (Lipinski definition) is 1. The molecule has 0 unspecified atom stereocenters. The third-order valence-corrected chi connectivity index (χ3v) is 2.86. The summed E-state index contributed by atoms with van der Waals surface area (Å²) in [7, 11) is 3.18. The van der Waals surface area contributed by atoms with Crippen LogP contribution >= 0.6 is 0 Å². The van der Waals surface area contributed by atoms with Crippen LogP contribution in [-0.2, 0) is 11.2 Å². The topological polar surface area (TPSA) is 84.6 Å². The van der Waals surface area contributed by atoms with Gasteiger partial charge in [-0.15, -0.1) is 10.2 Å². The van der Waals surface area contributed by atoms with Crippen molar-refractivity contribution in [2.45, 2.75) is 6.42 Å². The Morgan fingerprint density at radius 1 is 1.24 bits per heavy atom. The van der Waals surface area contributed by atoms with Gasteiger partial charge in [0.2, 0.25) is 5.96 Å². The van der Waals surface area contributed by atoms with Crippen molar-refractivity contribution < 1.29 is 14.3 Å². The summed E-state index contributed by atoms with van der Waals surface area (Å²) in [5.41, 5.74) is 1.12. The van der Waals surface area contributed by atoms with Gasteiger partial charge in [0.1, 0.15) is 5.70 Å². The first kappa shape index (κ1) is 14.7. The van der Waals surface area contributed by atoms with Gasteiger partial charge in [-0.3, -0.25) is 10.1 Å². The van der Waals surface area contributed by atoms with Gasteiger partial charge >= 0.3 is 0 Å². The zero-order valence-corrected chi connectivity index (χ0v) is 11.9. The first-order valence-corrected chi connectivity index (χ1v) is 6.31. The molecule has 1 amide bonds. The van der Waals surface area contributed by atoms with Gasteiger partial charge in [-0.1, -0.05) is 12.6 Å². The van der Waals surface area contributed by atoms with E-state index in [1.165, 1.54) is 0 Å². The van der Waals surface area contributed by atoms with Gasteiger partial charge in [0.15, 0.2) is 11.5 Å². The lowest BCUT2D eigenvalue weighted by molar-refractivity contribution is -0.116. The SMILES string of the molecule is C=C1N=NC(=NCCc2ccc(OC)c(OC)c2)NC1=O. The molecule has 2 rings (SSSR count). The molecule has 1 aromatic rings. The Balaban J connectivity index is 1.99. The van der Waals surface area contributed by atoms with E-state index in [2.05, 4.69) is 27.1 Å². The molecule has 1 heterocycles. The van der Waals surface area contributed by atoms with E-state index in [1.54, 1.807) is 14.2 Å². The molecule has 7 heteroatoms. The summed E-state index contributed by atoms with van der Waals surface area (Å²) in [5.74, 6) is 1.17. The van der Waals surface area contributed by atoms with Crippen molar-refractivity contribution in [1.82, 2.24) is 5.32 Å². The molecule has 0 aliphatic carbocycles. The lowest BCUT2D eigenvalue weighted by atomic mass is 10.1. The van der Waals surface area contributed by atoms with Crippen LogP contribution in [0.3, 0.4) is 0 Å². The summed E-state index contributed by atoms with van der Waals surface area (Å²) >= 11 is 0. The molecule has 1 aromatic carbocycles. The van der Waals surface area contributed by atoms with Gasteiger partial charge in [0.05, 0.1) is 14.2 Å². The number of carbonyl (C=O) groups is 1. The van der Waals surface area contributed by atoms with Gasteiger partial charge in [0.25, 0.3) is 5.91 Å². The van der Waals surface area contributed by atoms with Crippen molar-refractivity contribution in [1.29, 1.82) is 0 Å². The van der Waals surface area contributed by atoms with E-state index in [-0.39, 0.29) is 17.6 Å².